The topological polar surface area (TPSA) is 38.0 Å². The molecule has 0 aliphatic carbocycles. The highest BCUT2D eigenvalue weighted by molar-refractivity contribution is 6.30. The lowest BCUT2D eigenvalue weighted by molar-refractivity contribution is -0.126. The van der Waals surface area contributed by atoms with Crippen LogP contribution in [-0.4, -0.2) is 19.3 Å². The normalized spacial score (nSPS) is 13.8. The van der Waals surface area contributed by atoms with Crippen molar-refractivity contribution in [2.75, 3.05) is 13.1 Å². The van der Waals surface area contributed by atoms with E-state index in [2.05, 4.69) is 5.32 Å². The van der Waals surface area contributed by atoms with E-state index in [-0.39, 0.29) is 11.6 Å². The predicted octanol–water partition coefficient (Wildman–Crippen LogP) is 2.63. The summed E-state index contributed by atoms with van der Waals surface area (Å²) in [6.45, 7) is -1.25. The molecule has 1 aromatic carbocycles. The molecule has 0 spiro atoms. The first-order chi connectivity index (χ1) is 7.83. The molecule has 0 aromatic heterocycles. The Hall–Kier alpha value is -0.850. The first-order valence-electron chi connectivity index (χ1n) is 4.78. The van der Waals surface area contributed by atoms with Gasteiger partial charge in [0.2, 0.25) is 0 Å². The fourth-order valence-corrected chi connectivity index (χ4v) is 1.42. The van der Waals surface area contributed by atoms with Crippen LogP contribution in [0, 0.1) is 5.82 Å². The maximum absolute atomic E-state index is 13.1. The molecular weight excluding hydrogens is 260 g/mol. The van der Waals surface area contributed by atoms with E-state index in [9.17, 15) is 17.6 Å². The van der Waals surface area contributed by atoms with Gasteiger partial charge in [-0.1, -0.05) is 17.7 Å². The highest BCUT2D eigenvalue weighted by Crippen LogP contribution is 2.21. The van der Waals surface area contributed by atoms with Crippen LogP contribution in [0.25, 0.3) is 0 Å². The number of hydrogen-bond acceptors (Lipinski definition) is 2. The summed E-state index contributed by atoms with van der Waals surface area (Å²) >= 11 is 5.47. The number of halogens is 5. The standard InChI is InChI=1S/C10H11ClF4N2/c11-7-2-1-6(3-8(7)12)9(4-16)17-5-10(13,14)15/h1-3,9,17H,4-5,16H2. The average molecular weight is 271 g/mol. The molecule has 1 unspecified atom stereocenters. The highest BCUT2D eigenvalue weighted by atomic mass is 35.5. The number of rotatable bonds is 4. The first kappa shape index (κ1) is 14.2. The van der Waals surface area contributed by atoms with Crippen molar-refractivity contribution in [3.63, 3.8) is 0 Å². The van der Waals surface area contributed by atoms with Crippen molar-refractivity contribution in [3.05, 3.63) is 34.6 Å². The molecular formula is C10H11ClF4N2. The van der Waals surface area contributed by atoms with Crippen LogP contribution in [0.15, 0.2) is 18.2 Å². The Morgan fingerprint density at radius 3 is 2.47 bits per heavy atom. The van der Waals surface area contributed by atoms with Crippen molar-refractivity contribution >= 4 is 11.6 Å². The summed E-state index contributed by atoms with van der Waals surface area (Å²) < 4.78 is 49.2. The summed E-state index contributed by atoms with van der Waals surface area (Å²) in [7, 11) is 0. The van der Waals surface area contributed by atoms with Crippen molar-refractivity contribution in [2.24, 2.45) is 5.73 Å². The lowest BCUT2D eigenvalue weighted by atomic mass is 10.1. The van der Waals surface area contributed by atoms with Gasteiger partial charge in [-0.3, -0.25) is 0 Å². The van der Waals surface area contributed by atoms with Gasteiger partial charge in [-0.25, -0.2) is 4.39 Å². The van der Waals surface area contributed by atoms with Crippen LogP contribution in [0.3, 0.4) is 0 Å². The molecule has 0 amide bonds. The molecule has 2 nitrogen and oxygen atoms in total. The molecule has 1 aromatic rings. The quantitative estimate of drug-likeness (QED) is 0.826. The number of hydrogen-bond donors (Lipinski definition) is 2. The first-order valence-corrected chi connectivity index (χ1v) is 5.16. The van der Waals surface area contributed by atoms with Crippen molar-refractivity contribution in [2.45, 2.75) is 12.2 Å². The Kier molecular flexibility index (Phi) is 4.73. The van der Waals surface area contributed by atoms with Gasteiger partial charge in [0.25, 0.3) is 0 Å². The molecule has 7 heteroatoms. The second kappa shape index (κ2) is 5.66. The van der Waals surface area contributed by atoms with Gasteiger partial charge in [-0.2, -0.15) is 13.2 Å². The van der Waals surface area contributed by atoms with Crippen molar-refractivity contribution < 1.29 is 17.6 Å². The fourth-order valence-electron chi connectivity index (χ4n) is 1.31. The van der Waals surface area contributed by atoms with Gasteiger partial charge in [-0.05, 0) is 17.7 Å². The van der Waals surface area contributed by atoms with Gasteiger partial charge in [0, 0.05) is 12.6 Å². The zero-order valence-electron chi connectivity index (χ0n) is 8.69. The Bertz CT molecular complexity index is 381. The third-order valence-electron chi connectivity index (χ3n) is 2.13. The van der Waals surface area contributed by atoms with Crippen LogP contribution < -0.4 is 11.1 Å². The van der Waals surface area contributed by atoms with E-state index in [1.807, 2.05) is 0 Å². The van der Waals surface area contributed by atoms with Crippen LogP contribution in [-0.2, 0) is 0 Å². The molecule has 17 heavy (non-hydrogen) atoms. The van der Waals surface area contributed by atoms with Crippen LogP contribution in [0.1, 0.15) is 11.6 Å². The Balaban J connectivity index is 2.76. The maximum atomic E-state index is 13.1. The van der Waals surface area contributed by atoms with Gasteiger partial charge < -0.3 is 11.1 Å². The Morgan fingerprint density at radius 1 is 1.35 bits per heavy atom. The summed E-state index contributed by atoms with van der Waals surface area (Å²) in [6, 6.07) is 3.03. The second-order valence-corrected chi connectivity index (χ2v) is 3.87. The predicted molar refractivity (Wildman–Crippen MR) is 57.3 cm³/mol. The molecule has 0 aliphatic heterocycles. The van der Waals surface area contributed by atoms with E-state index in [1.165, 1.54) is 12.1 Å². The number of nitrogens with one attached hydrogen (secondary N) is 1. The monoisotopic (exact) mass is 270 g/mol. The van der Waals surface area contributed by atoms with Gasteiger partial charge in [0.15, 0.2) is 0 Å². The smallest absolute Gasteiger partial charge is 0.329 e. The minimum Gasteiger partial charge on any atom is -0.329 e. The number of alkyl halides is 3. The third-order valence-corrected chi connectivity index (χ3v) is 2.44. The molecule has 1 atom stereocenters. The van der Waals surface area contributed by atoms with Crippen molar-refractivity contribution in [3.8, 4) is 0 Å². The molecule has 3 N–H and O–H groups in total. The van der Waals surface area contributed by atoms with E-state index in [4.69, 9.17) is 17.3 Å². The van der Waals surface area contributed by atoms with Crippen molar-refractivity contribution in [1.82, 2.24) is 5.32 Å². The van der Waals surface area contributed by atoms with E-state index in [0.29, 0.717) is 5.56 Å². The minimum absolute atomic E-state index is 0.0723. The summed E-state index contributed by atoms with van der Waals surface area (Å²) in [6.07, 6.45) is -4.33. The molecule has 96 valence electrons. The lowest BCUT2D eigenvalue weighted by Crippen LogP contribution is -2.35. The largest absolute Gasteiger partial charge is 0.401 e. The van der Waals surface area contributed by atoms with Gasteiger partial charge in [0.1, 0.15) is 5.82 Å². The lowest BCUT2D eigenvalue weighted by Gasteiger charge is -2.18. The molecule has 1 rings (SSSR count). The summed E-state index contributed by atoms with van der Waals surface area (Å²) in [5.74, 6) is -0.684. The molecule has 0 bridgehead atoms. The van der Waals surface area contributed by atoms with E-state index in [0.717, 1.165) is 6.07 Å². The highest BCUT2D eigenvalue weighted by Gasteiger charge is 2.28. The molecule has 0 saturated heterocycles. The Labute approximate surface area is 101 Å². The van der Waals surface area contributed by atoms with Gasteiger partial charge in [-0.15, -0.1) is 0 Å². The number of benzene rings is 1. The molecule has 0 heterocycles. The molecule has 0 saturated carbocycles. The second-order valence-electron chi connectivity index (χ2n) is 3.46. The third kappa shape index (κ3) is 4.49. The van der Waals surface area contributed by atoms with E-state index < -0.39 is 24.6 Å². The number of nitrogens with two attached hydrogens (primary N) is 1. The van der Waals surface area contributed by atoms with Crippen LogP contribution >= 0.6 is 11.6 Å². The molecule has 0 radical (unpaired) electrons. The van der Waals surface area contributed by atoms with E-state index >= 15 is 0 Å². The average Bonchev–Trinajstić information content (AvgIpc) is 2.22. The van der Waals surface area contributed by atoms with E-state index in [1.54, 1.807) is 0 Å². The Morgan fingerprint density at radius 2 is 2.00 bits per heavy atom. The van der Waals surface area contributed by atoms with Crippen LogP contribution in [0.4, 0.5) is 17.6 Å². The van der Waals surface area contributed by atoms with Gasteiger partial charge in [0.05, 0.1) is 11.6 Å². The summed E-state index contributed by atoms with van der Waals surface area (Å²) in [5.41, 5.74) is 5.67. The maximum Gasteiger partial charge on any atom is 0.401 e. The minimum atomic E-state index is -4.33. The van der Waals surface area contributed by atoms with Gasteiger partial charge >= 0.3 is 6.18 Å². The molecule has 0 aliphatic rings. The zero-order valence-corrected chi connectivity index (χ0v) is 9.45. The zero-order chi connectivity index (χ0) is 13.1. The van der Waals surface area contributed by atoms with Crippen LogP contribution in [0.2, 0.25) is 5.02 Å². The fraction of sp³-hybridized carbons (Fsp3) is 0.400. The molecule has 0 fully saturated rings. The summed E-state index contributed by atoms with van der Waals surface area (Å²) in [4.78, 5) is 0. The summed E-state index contributed by atoms with van der Waals surface area (Å²) in [5, 5.41) is 2.13. The van der Waals surface area contributed by atoms with Crippen LogP contribution in [0.5, 0.6) is 0 Å². The van der Waals surface area contributed by atoms with Crippen molar-refractivity contribution in [1.29, 1.82) is 0 Å². The SMILES string of the molecule is NCC(NCC(F)(F)F)c1ccc(Cl)c(F)c1.